The SMILES string of the molecule is Brc1ccccc1COCc1ccccc1CNC1CC1. The summed E-state index contributed by atoms with van der Waals surface area (Å²) < 4.78 is 7.00. The Labute approximate surface area is 134 Å². The Balaban J connectivity index is 1.55. The molecule has 1 fully saturated rings. The summed E-state index contributed by atoms with van der Waals surface area (Å²) in [6.07, 6.45) is 2.64. The van der Waals surface area contributed by atoms with Gasteiger partial charge < -0.3 is 10.1 Å². The number of rotatable bonds is 7. The second kappa shape index (κ2) is 7.21. The van der Waals surface area contributed by atoms with E-state index in [-0.39, 0.29) is 0 Å². The molecule has 0 aliphatic heterocycles. The van der Waals surface area contributed by atoms with Gasteiger partial charge in [0.25, 0.3) is 0 Å². The minimum absolute atomic E-state index is 0.631. The highest BCUT2D eigenvalue weighted by Crippen LogP contribution is 2.21. The molecular weight excluding hydrogens is 326 g/mol. The first-order valence-corrected chi connectivity index (χ1v) is 8.23. The van der Waals surface area contributed by atoms with Crippen LogP contribution < -0.4 is 5.32 Å². The van der Waals surface area contributed by atoms with E-state index < -0.39 is 0 Å². The van der Waals surface area contributed by atoms with Crippen LogP contribution in [-0.2, 0) is 24.5 Å². The van der Waals surface area contributed by atoms with Crippen LogP contribution in [0.1, 0.15) is 29.5 Å². The fourth-order valence-corrected chi connectivity index (χ4v) is 2.70. The van der Waals surface area contributed by atoms with Crippen LogP contribution in [0, 0.1) is 0 Å². The molecule has 0 amide bonds. The summed E-state index contributed by atoms with van der Waals surface area (Å²) in [7, 11) is 0. The number of hydrogen-bond acceptors (Lipinski definition) is 2. The molecule has 110 valence electrons. The second-order valence-electron chi connectivity index (χ2n) is 5.51. The van der Waals surface area contributed by atoms with E-state index in [9.17, 15) is 0 Å². The summed E-state index contributed by atoms with van der Waals surface area (Å²) in [6, 6.07) is 17.5. The maximum absolute atomic E-state index is 5.89. The van der Waals surface area contributed by atoms with Crippen molar-refractivity contribution in [2.24, 2.45) is 0 Å². The zero-order valence-corrected chi connectivity index (χ0v) is 13.6. The maximum atomic E-state index is 5.89. The summed E-state index contributed by atoms with van der Waals surface area (Å²) >= 11 is 3.55. The molecule has 0 atom stereocenters. The van der Waals surface area contributed by atoms with Gasteiger partial charge in [-0.1, -0.05) is 58.4 Å². The van der Waals surface area contributed by atoms with Gasteiger partial charge in [-0.3, -0.25) is 0 Å². The van der Waals surface area contributed by atoms with E-state index in [2.05, 4.69) is 51.6 Å². The molecule has 1 saturated carbocycles. The average Bonchev–Trinajstić information content (AvgIpc) is 3.32. The molecule has 3 rings (SSSR count). The number of hydrogen-bond donors (Lipinski definition) is 1. The molecule has 2 nitrogen and oxygen atoms in total. The van der Waals surface area contributed by atoms with Gasteiger partial charge in [0, 0.05) is 17.1 Å². The van der Waals surface area contributed by atoms with Crippen LogP contribution in [0.5, 0.6) is 0 Å². The highest BCUT2D eigenvalue weighted by molar-refractivity contribution is 9.10. The van der Waals surface area contributed by atoms with Crippen molar-refractivity contribution < 1.29 is 4.74 Å². The summed E-state index contributed by atoms with van der Waals surface area (Å²) in [5.74, 6) is 0. The van der Waals surface area contributed by atoms with Crippen LogP contribution in [0.2, 0.25) is 0 Å². The molecule has 0 spiro atoms. The fraction of sp³-hybridized carbons (Fsp3) is 0.333. The largest absolute Gasteiger partial charge is 0.372 e. The van der Waals surface area contributed by atoms with Crippen molar-refractivity contribution in [1.82, 2.24) is 5.32 Å². The Hall–Kier alpha value is -1.16. The van der Waals surface area contributed by atoms with Crippen LogP contribution in [0.4, 0.5) is 0 Å². The van der Waals surface area contributed by atoms with Crippen molar-refractivity contribution in [3.63, 3.8) is 0 Å². The first-order valence-electron chi connectivity index (χ1n) is 7.44. The van der Waals surface area contributed by atoms with E-state index in [1.165, 1.54) is 29.5 Å². The Morgan fingerprint density at radius 3 is 2.24 bits per heavy atom. The van der Waals surface area contributed by atoms with Crippen LogP contribution >= 0.6 is 15.9 Å². The lowest BCUT2D eigenvalue weighted by molar-refractivity contribution is 0.106. The van der Waals surface area contributed by atoms with Crippen molar-refractivity contribution in [3.05, 3.63) is 69.7 Å². The van der Waals surface area contributed by atoms with Gasteiger partial charge in [-0.05, 0) is 35.6 Å². The molecule has 3 heteroatoms. The highest BCUT2D eigenvalue weighted by atomic mass is 79.9. The molecule has 1 aliphatic rings. The lowest BCUT2D eigenvalue weighted by atomic mass is 10.1. The topological polar surface area (TPSA) is 21.3 Å². The van der Waals surface area contributed by atoms with E-state index in [1.807, 2.05) is 18.2 Å². The first-order chi connectivity index (χ1) is 10.3. The molecule has 1 aliphatic carbocycles. The fourth-order valence-electron chi connectivity index (χ4n) is 2.30. The summed E-state index contributed by atoms with van der Waals surface area (Å²) in [5.41, 5.74) is 3.81. The third kappa shape index (κ3) is 4.40. The van der Waals surface area contributed by atoms with Crippen LogP contribution in [0.25, 0.3) is 0 Å². The average molecular weight is 346 g/mol. The minimum Gasteiger partial charge on any atom is -0.372 e. The lowest BCUT2D eigenvalue weighted by Gasteiger charge is -2.11. The monoisotopic (exact) mass is 345 g/mol. The standard InChI is InChI=1S/C18H20BrNO/c19-18-8-4-3-7-16(18)13-21-12-15-6-2-1-5-14(15)11-20-17-9-10-17/h1-8,17,20H,9-13H2. The molecular formula is C18H20BrNO. The Kier molecular flexibility index (Phi) is 5.07. The smallest absolute Gasteiger partial charge is 0.0732 e. The molecule has 0 unspecified atom stereocenters. The van der Waals surface area contributed by atoms with Crippen molar-refractivity contribution in [3.8, 4) is 0 Å². The van der Waals surface area contributed by atoms with E-state index >= 15 is 0 Å². The number of halogens is 1. The highest BCUT2D eigenvalue weighted by Gasteiger charge is 2.20. The number of ether oxygens (including phenoxy) is 1. The van der Waals surface area contributed by atoms with Gasteiger partial charge >= 0.3 is 0 Å². The number of benzene rings is 2. The lowest BCUT2D eigenvalue weighted by Crippen LogP contribution is -2.16. The van der Waals surface area contributed by atoms with Crippen LogP contribution in [0.15, 0.2) is 53.0 Å². The van der Waals surface area contributed by atoms with Crippen molar-refractivity contribution >= 4 is 15.9 Å². The number of nitrogens with one attached hydrogen (secondary N) is 1. The molecule has 0 aromatic heterocycles. The van der Waals surface area contributed by atoms with Gasteiger partial charge in [0.1, 0.15) is 0 Å². The van der Waals surface area contributed by atoms with Crippen molar-refractivity contribution in [2.45, 2.75) is 38.6 Å². The first kappa shape index (κ1) is 14.8. The normalized spacial score (nSPS) is 14.3. The summed E-state index contributed by atoms with van der Waals surface area (Å²) in [6.45, 7) is 2.23. The van der Waals surface area contributed by atoms with Crippen molar-refractivity contribution in [2.75, 3.05) is 0 Å². The van der Waals surface area contributed by atoms with E-state index in [0.29, 0.717) is 13.2 Å². The van der Waals surface area contributed by atoms with Gasteiger partial charge in [-0.15, -0.1) is 0 Å². The molecule has 2 aromatic carbocycles. The maximum Gasteiger partial charge on any atom is 0.0732 e. The molecule has 0 saturated heterocycles. The molecule has 2 aromatic rings. The molecule has 0 heterocycles. The predicted octanol–water partition coefficient (Wildman–Crippen LogP) is 4.42. The minimum atomic E-state index is 0.631. The van der Waals surface area contributed by atoms with Crippen LogP contribution in [0.3, 0.4) is 0 Å². The van der Waals surface area contributed by atoms with Gasteiger partial charge in [0.05, 0.1) is 13.2 Å². The van der Waals surface area contributed by atoms with Gasteiger partial charge in [-0.2, -0.15) is 0 Å². The molecule has 0 bridgehead atoms. The van der Waals surface area contributed by atoms with Crippen LogP contribution in [-0.4, -0.2) is 6.04 Å². The molecule has 0 radical (unpaired) electrons. The van der Waals surface area contributed by atoms with E-state index in [0.717, 1.165) is 17.1 Å². The van der Waals surface area contributed by atoms with Gasteiger partial charge in [-0.25, -0.2) is 0 Å². The van der Waals surface area contributed by atoms with Crippen molar-refractivity contribution in [1.29, 1.82) is 0 Å². The second-order valence-corrected chi connectivity index (χ2v) is 6.36. The summed E-state index contributed by atoms with van der Waals surface area (Å²) in [4.78, 5) is 0. The zero-order valence-electron chi connectivity index (χ0n) is 12.0. The molecule has 1 N–H and O–H groups in total. The van der Waals surface area contributed by atoms with E-state index in [4.69, 9.17) is 4.74 Å². The quantitative estimate of drug-likeness (QED) is 0.801. The zero-order chi connectivity index (χ0) is 14.5. The van der Waals surface area contributed by atoms with E-state index in [1.54, 1.807) is 0 Å². The summed E-state index contributed by atoms with van der Waals surface area (Å²) in [5, 5.41) is 3.57. The third-order valence-electron chi connectivity index (χ3n) is 3.75. The van der Waals surface area contributed by atoms with Gasteiger partial charge in [0.15, 0.2) is 0 Å². The predicted molar refractivity (Wildman–Crippen MR) is 88.9 cm³/mol. The van der Waals surface area contributed by atoms with Gasteiger partial charge in [0.2, 0.25) is 0 Å². The Morgan fingerprint density at radius 2 is 1.52 bits per heavy atom. The third-order valence-corrected chi connectivity index (χ3v) is 4.52. The molecule has 21 heavy (non-hydrogen) atoms. The Bertz CT molecular complexity index is 595. The Morgan fingerprint density at radius 1 is 0.905 bits per heavy atom.